The molecule has 1 N–H and O–H groups in total. The van der Waals surface area contributed by atoms with Crippen LogP contribution in [0.25, 0.3) is 10.8 Å². The average Bonchev–Trinajstić information content (AvgIpc) is 2.54. The smallest absolute Gasteiger partial charge is 0.260 e. The molecule has 0 unspecified atom stereocenters. The molecule has 0 saturated carbocycles. The average molecular weight is 356 g/mol. The van der Waals surface area contributed by atoms with E-state index in [1.165, 1.54) is 0 Å². The van der Waals surface area contributed by atoms with Gasteiger partial charge in [-0.1, -0.05) is 42.5 Å². The molecular formula is C18H14BrNO2. The van der Waals surface area contributed by atoms with Crippen LogP contribution in [-0.4, -0.2) is 13.0 Å². The monoisotopic (exact) mass is 355 g/mol. The number of fused-ring (bicyclic) bond motifs is 1. The van der Waals surface area contributed by atoms with E-state index < -0.39 is 0 Å². The zero-order valence-electron chi connectivity index (χ0n) is 12.0. The highest BCUT2D eigenvalue weighted by Crippen LogP contribution is 2.29. The van der Waals surface area contributed by atoms with Gasteiger partial charge >= 0.3 is 0 Å². The summed E-state index contributed by atoms with van der Waals surface area (Å²) in [6, 6.07) is 19.2. The molecule has 110 valence electrons. The molecule has 0 heterocycles. The largest absolute Gasteiger partial charge is 0.496 e. The topological polar surface area (TPSA) is 38.3 Å². The van der Waals surface area contributed by atoms with Gasteiger partial charge in [0.2, 0.25) is 0 Å². The quantitative estimate of drug-likeness (QED) is 0.728. The van der Waals surface area contributed by atoms with Crippen molar-refractivity contribution in [2.45, 2.75) is 0 Å². The van der Waals surface area contributed by atoms with Crippen molar-refractivity contribution in [2.24, 2.45) is 0 Å². The van der Waals surface area contributed by atoms with E-state index in [1.807, 2.05) is 54.6 Å². The predicted molar refractivity (Wildman–Crippen MR) is 92.6 cm³/mol. The lowest BCUT2D eigenvalue weighted by Gasteiger charge is -2.12. The Kier molecular flexibility index (Phi) is 4.11. The number of anilines is 1. The number of ether oxygens (including phenoxy) is 1. The first-order valence-electron chi connectivity index (χ1n) is 6.82. The standard InChI is InChI=1S/C18H14BrNO2/c1-22-16-11-5-9-14(19)17(16)18(21)20-15-10-4-7-12-6-2-3-8-13(12)15/h2-11H,1H3,(H,20,21). The second-order valence-corrected chi connectivity index (χ2v) is 5.65. The molecule has 0 radical (unpaired) electrons. The highest BCUT2D eigenvalue weighted by molar-refractivity contribution is 9.10. The number of methoxy groups -OCH3 is 1. The Balaban J connectivity index is 2.01. The third-order valence-electron chi connectivity index (χ3n) is 3.46. The minimum absolute atomic E-state index is 0.208. The normalized spacial score (nSPS) is 10.5. The number of carbonyl (C=O) groups excluding carboxylic acids is 1. The summed E-state index contributed by atoms with van der Waals surface area (Å²) in [6.45, 7) is 0. The zero-order chi connectivity index (χ0) is 15.5. The van der Waals surface area contributed by atoms with Crippen LogP contribution < -0.4 is 10.1 Å². The van der Waals surface area contributed by atoms with Crippen molar-refractivity contribution in [1.82, 2.24) is 0 Å². The van der Waals surface area contributed by atoms with E-state index in [-0.39, 0.29) is 5.91 Å². The molecule has 3 aromatic carbocycles. The minimum Gasteiger partial charge on any atom is -0.496 e. The molecule has 0 saturated heterocycles. The highest BCUT2D eigenvalue weighted by Gasteiger charge is 2.16. The van der Waals surface area contributed by atoms with Crippen LogP contribution in [0.15, 0.2) is 65.1 Å². The van der Waals surface area contributed by atoms with Gasteiger partial charge in [0, 0.05) is 15.5 Å². The Morgan fingerprint density at radius 3 is 2.55 bits per heavy atom. The first-order valence-corrected chi connectivity index (χ1v) is 7.61. The Morgan fingerprint density at radius 2 is 1.73 bits per heavy atom. The van der Waals surface area contributed by atoms with E-state index in [2.05, 4.69) is 21.2 Å². The molecule has 22 heavy (non-hydrogen) atoms. The van der Waals surface area contributed by atoms with Crippen molar-refractivity contribution in [3.63, 3.8) is 0 Å². The van der Waals surface area contributed by atoms with Crippen LogP contribution >= 0.6 is 15.9 Å². The summed E-state index contributed by atoms with van der Waals surface area (Å²) < 4.78 is 5.98. The first kappa shape index (κ1) is 14.6. The highest BCUT2D eigenvalue weighted by atomic mass is 79.9. The van der Waals surface area contributed by atoms with E-state index in [0.29, 0.717) is 15.8 Å². The van der Waals surface area contributed by atoms with Gasteiger partial charge in [-0.05, 0) is 39.5 Å². The summed E-state index contributed by atoms with van der Waals surface area (Å²) in [5.41, 5.74) is 1.26. The summed E-state index contributed by atoms with van der Waals surface area (Å²) in [7, 11) is 1.55. The van der Waals surface area contributed by atoms with Gasteiger partial charge in [-0.3, -0.25) is 4.79 Å². The molecule has 0 bridgehead atoms. The Labute approximate surface area is 137 Å². The molecule has 0 atom stereocenters. The Hall–Kier alpha value is -2.33. The van der Waals surface area contributed by atoms with Crippen molar-refractivity contribution < 1.29 is 9.53 Å². The van der Waals surface area contributed by atoms with Gasteiger partial charge in [0.1, 0.15) is 5.75 Å². The fraction of sp³-hybridized carbons (Fsp3) is 0.0556. The molecule has 0 aliphatic carbocycles. The molecular weight excluding hydrogens is 342 g/mol. The van der Waals surface area contributed by atoms with Crippen LogP contribution in [0.4, 0.5) is 5.69 Å². The van der Waals surface area contributed by atoms with Crippen LogP contribution in [0.1, 0.15) is 10.4 Å². The summed E-state index contributed by atoms with van der Waals surface area (Å²) in [5, 5.41) is 5.05. The van der Waals surface area contributed by atoms with Crippen LogP contribution in [0.2, 0.25) is 0 Å². The van der Waals surface area contributed by atoms with Crippen molar-refractivity contribution in [3.05, 3.63) is 70.7 Å². The summed E-state index contributed by atoms with van der Waals surface area (Å²) in [6.07, 6.45) is 0. The maximum atomic E-state index is 12.6. The van der Waals surface area contributed by atoms with Crippen LogP contribution in [0.3, 0.4) is 0 Å². The van der Waals surface area contributed by atoms with E-state index in [0.717, 1.165) is 16.5 Å². The molecule has 0 aliphatic heterocycles. The molecule has 0 fully saturated rings. The van der Waals surface area contributed by atoms with E-state index in [4.69, 9.17) is 4.74 Å². The van der Waals surface area contributed by atoms with Gasteiger partial charge in [0.15, 0.2) is 0 Å². The van der Waals surface area contributed by atoms with Crippen LogP contribution in [-0.2, 0) is 0 Å². The van der Waals surface area contributed by atoms with Crippen molar-refractivity contribution in [2.75, 3.05) is 12.4 Å². The van der Waals surface area contributed by atoms with Gasteiger partial charge in [-0.15, -0.1) is 0 Å². The van der Waals surface area contributed by atoms with Crippen molar-refractivity contribution >= 4 is 38.3 Å². The molecule has 4 heteroatoms. The van der Waals surface area contributed by atoms with E-state index >= 15 is 0 Å². The van der Waals surface area contributed by atoms with E-state index in [9.17, 15) is 4.79 Å². The van der Waals surface area contributed by atoms with Gasteiger partial charge in [0.05, 0.1) is 12.7 Å². The third kappa shape index (κ3) is 2.70. The Morgan fingerprint density at radius 1 is 1.00 bits per heavy atom. The zero-order valence-corrected chi connectivity index (χ0v) is 13.6. The number of carbonyl (C=O) groups is 1. The van der Waals surface area contributed by atoms with Crippen LogP contribution in [0, 0.1) is 0 Å². The van der Waals surface area contributed by atoms with Gasteiger partial charge in [-0.25, -0.2) is 0 Å². The molecule has 3 aromatic rings. The number of amides is 1. The van der Waals surface area contributed by atoms with Gasteiger partial charge < -0.3 is 10.1 Å². The van der Waals surface area contributed by atoms with Crippen LogP contribution in [0.5, 0.6) is 5.75 Å². The fourth-order valence-corrected chi connectivity index (χ4v) is 2.94. The lowest BCUT2D eigenvalue weighted by molar-refractivity contribution is 0.102. The third-order valence-corrected chi connectivity index (χ3v) is 4.12. The van der Waals surface area contributed by atoms with Crippen molar-refractivity contribution in [3.8, 4) is 5.75 Å². The molecule has 3 rings (SSSR count). The first-order chi connectivity index (χ1) is 10.7. The van der Waals surface area contributed by atoms with E-state index in [1.54, 1.807) is 13.2 Å². The fourth-order valence-electron chi connectivity index (χ4n) is 2.41. The van der Waals surface area contributed by atoms with Gasteiger partial charge in [-0.2, -0.15) is 0 Å². The van der Waals surface area contributed by atoms with Gasteiger partial charge in [0.25, 0.3) is 5.91 Å². The Bertz CT molecular complexity index is 840. The minimum atomic E-state index is -0.208. The molecule has 0 spiro atoms. The lowest BCUT2D eigenvalue weighted by atomic mass is 10.1. The predicted octanol–water partition coefficient (Wildman–Crippen LogP) is 4.86. The lowest BCUT2D eigenvalue weighted by Crippen LogP contribution is -2.14. The maximum Gasteiger partial charge on any atom is 0.260 e. The summed E-state index contributed by atoms with van der Waals surface area (Å²) >= 11 is 3.41. The maximum absolute atomic E-state index is 12.6. The number of rotatable bonds is 3. The van der Waals surface area contributed by atoms with Crippen molar-refractivity contribution in [1.29, 1.82) is 0 Å². The number of halogens is 1. The molecule has 0 aromatic heterocycles. The summed E-state index contributed by atoms with van der Waals surface area (Å²) in [4.78, 5) is 12.6. The molecule has 3 nitrogen and oxygen atoms in total. The molecule has 1 amide bonds. The number of nitrogens with one attached hydrogen (secondary N) is 1. The number of benzene rings is 3. The SMILES string of the molecule is COc1cccc(Br)c1C(=O)Nc1cccc2ccccc12. The molecule has 0 aliphatic rings. The second-order valence-electron chi connectivity index (χ2n) is 4.80. The number of hydrogen-bond donors (Lipinski definition) is 1. The number of hydrogen-bond acceptors (Lipinski definition) is 2. The second kappa shape index (κ2) is 6.20. The summed E-state index contributed by atoms with van der Waals surface area (Å²) in [5.74, 6) is 0.327.